The highest BCUT2D eigenvalue weighted by Crippen LogP contribution is 2.25. The molecule has 1 amide bonds. The predicted octanol–water partition coefficient (Wildman–Crippen LogP) is -0.106. The van der Waals surface area contributed by atoms with Gasteiger partial charge in [0.25, 0.3) is 0 Å². The lowest BCUT2D eigenvalue weighted by atomic mass is 10.1. The van der Waals surface area contributed by atoms with Gasteiger partial charge >= 0.3 is 0 Å². The molecule has 2 N–H and O–H groups in total. The van der Waals surface area contributed by atoms with E-state index >= 15 is 0 Å². The van der Waals surface area contributed by atoms with Crippen molar-refractivity contribution >= 4 is 25.8 Å². The van der Waals surface area contributed by atoms with Gasteiger partial charge in [0.15, 0.2) is 9.84 Å². The molecule has 10 heteroatoms. The van der Waals surface area contributed by atoms with Crippen molar-refractivity contribution in [1.82, 2.24) is 10.0 Å². The molecule has 1 aromatic carbocycles. The largest absolute Gasteiger partial charge is 0.497 e. The monoisotopic (exact) mass is 390 g/mol. The first-order valence-electron chi connectivity index (χ1n) is 7.69. The van der Waals surface area contributed by atoms with Crippen molar-refractivity contribution in [2.24, 2.45) is 0 Å². The zero-order valence-corrected chi connectivity index (χ0v) is 16.0. The fourth-order valence-electron chi connectivity index (χ4n) is 2.87. The fourth-order valence-corrected chi connectivity index (χ4v) is 5.98. The average Bonchev–Trinajstić information content (AvgIpc) is 2.83. The number of nitrogens with one attached hydrogen (secondary N) is 2. The maximum atomic E-state index is 12.5. The number of carbonyl (C=O) groups excluding carboxylic acids is 1. The summed E-state index contributed by atoms with van der Waals surface area (Å²) in [6.45, 7) is 2.84. The Morgan fingerprint density at radius 1 is 1.28 bits per heavy atom. The lowest BCUT2D eigenvalue weighted by Crippen LogP contribution is -2.42. The molecule has 0 radical (unpaired) electrons. The minimum atomic E-state index is -3.88. The van der Waals surface area contributed by atoms with Crippen molar-refractivity contribution in [1.29, 1.82) is 0 Å². The van der Waals surface area contributed by atoms with E-state index in [1.807, 2.05) is 0 Å². The van der Waals surface area contributed by atoms with Crippen LogP contribution in [0.5, 0.6) is 5.75 Å². The molecule has 1 aliphatic heterocycles. The minimum absolute atomic E-state index is 0.0356. The predicted molar refractivity (Wildman–Crippen MR) is 92.9 cm³/mol. The number of hydrogen-bond acceptors (Lipinski definition) is 6. The zero-order valence-electron chi connectivity index (χ0n) is 14.3. The summed E-state index contributed by atoms with van der Waals surface area (Å²) in [5, 5.41) is 2.54. The quantitative estimate of drug-likeness (QED) is 0.700. The van der Waals surface area contributed by atoms with Crippen molar-refractivity contribution in [2.75, 3.05) is 25.2 Å². The van der Waals surface area contributed by atoms with Crippen LogP contribution in [-0.2, 0) is 24.7 Å². The molecule has 0 saturated carbocycles. The summed E-state index contributed by atoms with van der Waals surface area (Å²) < 4.78 is 55.1. The number of ether oxygens (including phenoxy) is 1. The van der Waals surface area contributed by atoms with Crippen LogP contribution in [-0.4, -0.2) is 53.9 Å². The Bertz CT molecular complexity index is 854. The maximum Gasteiger partial charge on any atom is 0.241 e. The van der Waals surface area contributed by atoms with E-state index in [2.05, 4.69) is 10.0 Å². The third kappa shape index (κ3) is 4.93. The first-order valence-corrected chi connectivity index (χ1v) is 11.0. The number of benzene rings is 1. The molecule has 1 unspecified atom stereocenters. The van der Waals surface area contributed by atoms with Crippen molar-refractivity contribution in [3.05, 3.63) is 23.3 Å². The summed E-state index contributed by atoms with van der Waals surface area (Å²) in [7, 11) is -5.50. The van der Waals surface area contributed by atoms with Crippen molar-refractivity contribution in [3.8, 4) is 5.75 Å². The first kappa shape index (κ1) is 19.7. The van der Waals surface area contributed by atoms with Crippen LogP contribution in [0.3, 0.4) is 0 Å². The standard InChI is InChI=1S/C15H22N2O6S2/c1-10-6-13(23-3)7-11(2)15(10)25(21,22)16-8-14(18)17-12-4-5-24(19,20)9-12/h6-7,12,16H,4-5,8-9H2,1-3H3,(H,17,18). The normalized spacial score (nSPS) is 19.6. The van der Waals surface area contributed by atoms with Gasteiger partial charge in [0, 0.05) is 6.04 Å². The number of sulfone groups is 1. The molecular weight excluding hydrogens is 368 g/mol. The summed E-state index contributed by atoms with van der Waals surface area (Å²) in [4.78, 5) is 12.0. The van der Waals surface area contributed by atoms with Crippen LogP contribution in [0.25, 0.3) is 0 Å². The minimum Gasteiger partial charge on any atom is -0.497 e. The Hall–Kier alpha value is -1.65. The van der Waals surface area contributed by atoms with E-state index in [-0.39, 0.29) is 16.4 Å². The van der Waals surface area contributed by atoms with Crippen molar-refractivity contribution < 1.29 is 26.4 Å². The highest BCUT2D eigenvalue weighted by atomic mass is 32.2. The molecule has 0 bridgehead atoms. The number of hydrogen-bond donors (Lipinski definition) is 2. The Kier molecular flexibility index (Phi) is 5.75. The van der Waals surface area contributed by atoms with E-state index in [4.69, 9.17) is 4.74 Å². The van der Waals surface area contributed by atoms with Gasteiger partial charge in [0.05, 0.1) is 30.1 Å². The van der Waals surface area contributed by atoms with Gasteiger partial charge in [0.2, 0.25) is 15.9 Å². The van der Waals surface area contributed by atoms with Crippen LogP contribution in [0, 0.1) is 13.8 Å². The molecule has 1 atom stereocenters. The third-order valence-corrected chi connectivity index (χ3v) is 7.43. The van der Waals surface area contributed by atoms with Gasteiger partial charge in [-0.15, -0.1) is 0 Å². The highest BCUT2D eigenvalue weighted by Gasteiger charge is 2.29. The third-order valence-electron chi connectivity index (χ3n) is 3.96. The molecule has 0 aliphatic carbocycles. The molecule has 1 aliphatic rings. The number of aryl methyl sites for hydroxylation is 2. The van der Waals surface area contributed by atoms with Gasteiger partial charge in [-0.1, -0.05) is 0 Å². The van der Waals surface area contributed by atoms with Gasteiger partial charge in [-0.25, -0.2) is 21.6 Å². The molecule has 2 rings (SSSR count). The number of carbonyl (C=O) groups is 1. The molecule has 1 heterocycles. The molecule has 1 fully saturated rings. The Morgan fingerprint density at radius 2 is 1.88 bits per heavy atom. The second-order valence-electron chi connectivity index (χ2n) is 6.08. The van der Waals surface area contributed by atoms with Crippen LogP contribution < -0.4 is 14.8 Å². The van der Waals surface area contributed by atoms with E-state index in [1.165, 1.54) is 7.11 Å². The van der Waals surface area contributed by atoms with E-state index in [0.717, 1.165) is 0 Å². The topological polar surface area (TPSA) is 119 Å². The molecule has 1 aromatic rings. The van der Waals surface area contributed by atoms with Gasteiger partial charge in [-0.3, -0.25) is 4.79 Å². The van der Waals surface area contributed by atoms with Crippen molar-refractivity contribution in [2.45, 2.75) is 31.2 Å². The summed E-state index contributed by atoms with van der Waals surface area (Å²) in [5.74, 6) is -0.0838. The van der Waals surface area contributed by atoms with Crippen LogP contribution in [0.4, 0.5) is 0 Å². The molecule has 8 nitrogen and oxygen atoms in total. The van der Waals surface area contributed by atoms with Gasteiger partial charge < -0.3 is 10.1 Å². The maximum absolute atomic E-state index is 12.5. The molecule has 140 valence electrons. The first-order chi connectivity index (χ1) is 11.5. The zero-order chi connectivity index (χ0) is 18.8. The molecule has 25 heavy (non-hydrogen) atoms. The number of amides is 1. The summed E-state index contributed by atoms with van der Waals surface area (Å²) in [6.07, 6.45) is 0.345. The highest BCUT2D eigenvalue weighted by molar-refractivity contribution is 7.91. The van der Waals surface area contributed by atoms with Gasteiger partial charge in [-0.2, -0.15) is 0 Å². The fraction of sp³-hybridized carbons (Fsp3) is 0.533. The van der Waals surface area contributed by atoms with Crippen LogP contribution in [0.2, 0.25) is 0 Å². The van der Waals surface area contributed by atoms with Crippen LogP contribution >= 0.6 is 0 Å². The Balaban J connectivity index is 2.03. The van der Waals surface area contributed by atoms with E-state index in [0.29, 0.717) is 23.3 Å². The van der Waals surface area contributed by atoms with Gasteiger partial charge in [-0.05, 0) is 43.5 Å². The lowest BCUT2D eigenvalue weighted by molar-refractivity contribution is -0.120. The number of rotatable bonds is 6. The smallest absolute Gasteiger partial charge is 0.241 e. The molecule has 1 saturated heterocycles. The van der Waals surface area contributed by atoms with E-state index < -0.39 is 38.4 Å². The number of sulfonamides is 1. The second-order valence-corrected chi connectivity index (χ2v) is 10.0. The van der Waals surface area contributed by atoms with Crippen LogP contribution in [0.15, 0.2) is 17.0 Å². The summed E-state index contributed by atoms with van der Waals surface area (Å²) >= 11 is 0. The summed E-state index contributed by atoms with van der Waals surface area (Å²) in [5.41, 5.74) is 1.01. The van der Waals surface area contributed by atoms with Crippen molar-refractivity contribution in [3.63, 3.8) is 0 Å². The summed E-state index contributed by atoms with van der Waals surface area (Å²) in [6, 6.07) is 2.74. The number of methoxy groups -OCH3 is 1. The molecule has 0 aromatic heterocycles. The Labute approximate surface area is 147 Å². The van der Waals surface area contributed by atoms with E-state index in [9.17, 15) is 21.6 Å². The van der Waals surface area contributed by atoms with Crippen LogP contribution in [0.1, 0.15) is 17.5 Å². The van der Waals surface area contributed by atoms with Gasteiger partial charge in [0.1, 0.15) is 5.75 Å². The SMILES string of the molecule is COc1cc(C)c(S(=O)(=O)NCC(=O)NC2CCS(=O)(=O)C2)c(C)c1. The molecule has 0 spiro atoms. The lowest BCUT2D eigenvalue weighted by Gasteiger charge is -2.15. The average molecular weight is 390 g/mol. The van der Waals surface area contributed by atoms with E-state index in [1.54, 1.807) is 26.0 Å². The second kappa shape index (κ2) is 7.30. The Morgan fingerprint density at radius 3 is 2.36 bits per heavy atom. The molecular formula is C15H22N2O6S2.